The van der Waals surface area contributed by atoms with Gasteiger partial charge in [0, 0.05) is 19.0 Å². The first-order valence-corrected chi connectivity index (χ1v) is 7.31. The third kappa shape index (κ3) is 3.02. The van der Waals surface area contributed by atoms with E-state index in [0.29, 0.717) is 17.4 Å². The quantitative estimate of drug-likeness (QED) is 0.568. The number of amidine groups is 1. The zero-order valence-electron chi connectivity index (χ0n) is 11.8. The van der Waals surface area contributed by atoms with Crippen molar-refractivity contribution in [1.29, 1.82) is 5.41 Å². The lowest BCUT2D eigenvalue weighted by atomic mass is 9.75. The van der Waals surface area contributed by atoms with Crippen LogP contribution >= 0.6 is 0 Å². The molecule has 2 heteroatoms. The summed E-state index contributed by atoms with van der Waals surface area (Å²) in [5, 5.41) is 8.35. The molecule has 0 unspecified atom stereocenters. The minimum Gasteiger partial charge on any atom is -0.360 e. The van der Waals surface area contributed by atoms with E-state index in [1.807, 2.05) is 0 Å². The van der Waals surface area contributed by atoms with Gasteiger partial charge in [-0.3, -0.25) is 5.41 Å². The molecule has 0 aromatic rings. The van der Waals surface area contributed by atoms with Gasteiger partial charge in [-0.15, -0.1) is 0 Å². The van der Waals surface area contributed by atoms with Crippen LogP contribution in [0.5, 0.6) is 0 Å². The minimum absolute atomic E-state index is 0.535. The maximum Gasteiger partial charge on any atom is 0.0989 e. The lowest BCUT2D eigenvalue weighted by Crippen LogP contribution is -2.42. The Balaban J connectivity index is 1.87. The van der Waals surface area contributed by atoms with Crippen LogP contribution in [0.1, 0.15) is 65.2 Å². The molecule has 2 saturated carbocycles. The van der Waals surface area contributed by atoms with Crippen LogP contribution in [0.15, 0.2) is 0 Å². The summed E-state index contributed by atoms with van der Waals surface area (Å²) in [6.07, 6.45) is 10.4. The Bertz CT molecular complexity index is 267. The van der Waals surface area contributed by atoms with Gasteiger partial charge < -0.3 is 4.90 Å². The van der Waals surface area contributed by atoms with E-state index < -0.39 is 0 Å². The predicted octanol–water partition coefficient (Wildman–Crippen LogP) is 4.05. The smallest absolute Gasteiger partial charge is 0.0989 e. The Morgan fingerprint density at radius 3 is 2.12 bits per heavy atom. The molecule has 2 rings (SSSR count). The average molecular weight is 236 g/mol. The summed E-state index contributed by atoms with van der Waals surface area (Å²) in [6, 6.07) is 0.635. The van der Waals surface area contributed by atoms with Crippen molar-refractivity contribution < 1.29 is 0 Å². The van der Waals surface area contributed by atoms with Gasteiger partial charge in [0.2, 0.25) is 0 Å². The first-order valence-electron chi connectivity index (χ1n) is 7.31. The van der Waals surface area contributed by atoms with Crippen LogP contribution < -0.4 is 0 Å². The van der Waals surface area contributed by atoms with Gasteiger partial charge in [0.05, 0.1) is 5.84 Å². The van der Waals surface area contributed by atoms with Crippen molar-refractivity contribution in [2.45, 2.75) is 71.3 Å². The summed E-state index contributed by atoms with van der Waals surface area (Å²) < 4.78 is 0. The first-order chi connectivity index (χ1) is 7.99. The summed E-state index contributed by atoms with van der Waals surface area (Å²) in [5.74, 6) is 1.49. The standard InChI is InChI=1S/C15H28N2/c1-15(2)10-8-13(9-11-15)17(3)14(16)12-6-4-5-7-12/h12-13,16H,4-11H2,1-3H3. The SMILES string of the molecule is CN(C(=N)C1CCCC1)C1CCC(C)(C)CC1. The lowest BCUT2D eigenvalue weighted by Gasteiger charge is -2.40. The third-order valence-electron chi connectivity index (χ3n) is 4.98. The molecule has 0 aliphatic heterocycles. The van der Waals surface area contributed by atoms with Crippen molar-refractivity contribution in [3.8, 4) is 0 Å². The Labute approximate surface area is 106 Å². The number of nitrogens with one attached hydrogen (secondary N) is 1. The maximum absolute atomic E-state index is 8.35. The van der Waals surface area contributed by atoms with Crippen molar-refractivity contribution in [3.63, 3.8) is 0 Å². The highest BCUT2D eigenvalue weighted by atomic mass is 15.2. The van der Waals surface area contributed by atoms with Crippen molar-refractivity contribution in [1.82, 2.24) is 4.90 Å². The number of rotatable bonds is 2. The molecule has 98 valence electrons. The molecule has 0 radical (unpaired) electrons. The van der Waals surface area contributed by atoms with Gasteiger partial charge in [-0.25, -0.2) is 0 Å². The second-order valence-electron chi connectivity index (χ2n) is 6.87. The van der Waals surface area contributed by atoms with Crippen molar-refractivity contribution in [2.75, 3.05) is 7.05 Å². The second-order valence-corrected chi connectivity index (χ2v) is 6.87. The van der Waals surface area contributed by atoms with Crippen LogP contribution in [-0.2, 0) is 0 Å². The van der Waals surface area contributed by atoms with Gasteiger partial charge in [-0.1, -0.05) is 26.7 Å². The summed E-state index contributed by atoms with van der Waals surface area (Å²) in [5.41, 5.74) is 0.535. The fourth-order valence-corrected chi connectivity index (χ4v) is 3.46. The highest BCUT2D eigenvalue weighted by Gasteiger charge is 2.31. The van der Waals surface area contributed by atoms with E-state index in [0.717, 1.165) is 5.84 Å². The molecule has 0 atom stereocenters. The summed E-state index contributed by atoms with van der Waals surface area (Å²) in [6.45, 7) is 4.76. The summed E-state index contributed by atoms with van der Waals surface area (Å²) in [7, 11) is 2.16. The van der Waals surface area contributed by atoms with Crippen molar-refractivity contribution in [3.05, 3.63) is 0 Å². The maximum atomic E-state index is 8.35. The molecule has 0 saturated heterocycles. The fraction of sp³-hybridized carbons (Fsp3) is 0.933. The predicted molar refractivity (Wildman–Crippen MR) is 73.5 cm³/mol. The van der Waals surface area contributed by atoms with Gasteiger partial charge >= 0.3 is 0 Å². The fourth-order valence-electron chi connectivity index (χ4n) is 3.46. The van der Waals surface area contributed by atoms with Crippen molar-refractivity contribution >= 4 is 5.84 Å². The van der Waals surface area contributed by atoms with Crippen LogP contribution in [0.3, 0.4) is 0 Å². The third-order valence-corrected chi connectivity index (χ3v) is 4.98. The minimum atomic E-state index is 0.535. The molecule has 0 aromatic carbocycles. The number of hydrogen-bond acceptors (Lipinski definition) is 1. The van der Waals surface area contributed by atoms with E-state index in [9.17, 15) is 0 Å². The Kier molecular flexibility index (Phi) is 3.79. The number of hydrogen-bond donors (Lipinski definition) is 1. The molecular weight excluding hydrogens is 208 g/mol. The second kappa shape index (κ2) is 4.99. The molecule has 2 nitrogen and oxygen atoms in total. The van der Waals surface area contributed by atoms with Gasteiger partial charge in [-0.2, -0.15) is 0 Å². The van der Waals surface area contributed by atoms with Gasteiger partial charge in [0.25, 0.3) is 0 Å². The van der Waals surface area contributed by atoms with Crippen LogP contribution in [0.2, 0.25) is 0 Å². The summed E-state index contributed by atoms with van der Waals surface area (Å²) in [4.78, 5) is 2.30. The highest BCUT2D eigenvalue weighted by Crippen LogP contribution is 2.37. The first kappa shape index (κ1) is 12.9. The molecule has 2 aliphatic rings. The van der Waals surface area contributed by atoms with E-state index in [4.69, 9.17) is 5.41 Å². The monoisotopic (exact) mass is 236 g/mol. The Morgan fingerprint density at radius 2 is 1.59 bits per heavy atom. The van der Waals surface area contributed by atoms with Gasteiger partial charge in [0.15, 0.2) is 0 Å². The molecule has 0 spiro atoms. The van der Waals surface area contributed by atoms with Gasteiger partial charge in [-0.05, 0) is 43.9 Å². The molecule has 0 heterocycles. The molecular formula is C15H28N2. The van der Waals surface area contributed by atoms with Crippen molar-refractivity contribution in [2.24, 2.45) is 11.3 Å². The van der Waals surface area contributed by atoms with Crippen LogP contribution in [0, 0.1) is 16.7 Å². The molecule has 0 aromatic heterocycles. The molecule has 17 heavy (non-hydrogen) atoms. The normalized spacial score (nSPS) is 26.1. The molecule has 2 fully saturated rings. The van der Waals surface area contributed by atoms with E-state index in [2.05, 4.69) is 25.8 Å². The largest absolute Gasteiger partial charge is 0.360 e. The molecule has 0 bridgehead atoms. The van der Waals surface area contributed by atoms with E-state index in [1.165, 1.54) is 51.4 Å². The molecule has 1 N–H and O–H groups in total. The Morgan fingerprint density at radius 1 is 1.06 bits per heavy atom. The van der Waals surface area contributed by atoms with Crippen LogP contribution in [0.4, 0.5) is 0 Å². The highest BCUT2D eigenvalue weighted by molar-refractivity contribution is 5.82. The topological polar surface area (TPSA) is 27.1 Å². The van der Waals surface area contributed by atoms with E-state index >= 15 is 0 Å². The van der Waals surface area contributed by atoms with Gasteiger partial charge in [0.1, 0.15) is 0 Å². The van der Waals surface area contributed by atoms with E-state index in [1.54, 1.807) is 0 Å². The Hall–Kier alpha value is -0.530. The van der Waals surface area contributed by atoms with Crippen LogP contribution in [0.25, 0.3) is 0 Å². The van der Waals surface area contributed by atoms with Crippen LogP contribution in [-0.4, -0.2) is 23.8 Å². The molecule has 0 amide bonds. The zero-order chi connectivity index (χ0) is 12.5. The number of nitrogens with zero attached hydrogens (tertiary/aromatic N) is 1. The molecule has 2 aliphatic carbocycles. The van der Waals surface area contributed by atoms with E-state index in [-0.39, 0.29) is 0 Å². The average Bonchev–Trinajstić information content (AvgIpc) is 2.80. The summed E-state index contributed by atoms with van der Waals surface area (Å²) >= 11 is 0. The lowest BCUT2D eigenvalue weighted by molar-refractivity contribution is 0.165. The zero-order valence-corrected chi connectivity index (χ0v) is 11.8.